The molecule has 0 aromatic heterocycles. The van der Waals surface area contributed by atoms with Crippen LogP contribution in [0, 0.1) is 58.7 Å². The zero-order valence-corrected chi connectivity index (χ0v) is 23.8. The first kappa shape index (κ1) is 25.4. The van der Waals surface area contributed by atoms with Gasteiger partial charge in [-0.05, 0) is 123 Å². The second-order valence-corrected chi connectivity index (χ2v) is 15.4. The molecular weight excluding hydrogens is 468 g/mol. The van der Waals surface area contributed by atoms with Crippen LogP contribution in [0.4, 0.5) is 0 Å². The van der Waals surface area contributed by atoms with Crippen molar-refractivity contribution in [3.63, 3.8) is 0 Å². The van der Waals surface area contributed by atoms with Gasteiger partial charge in [-0.15, -0.1) is 0 Å². The summed E-state index contributed by atoms with van der Waals surface area (Å²) in [5, 5.41) is 0. The third-order valence-corrected chi connectivity index (χ3v) is 14.0. The van der Waals surface area contributed by atoms with Crippen molar-refractivity contribution in [1.82, 2.24) is 0 Å². The van der Waals surface area contributed by atoms with Gasteiger partial charge in [-0.25, -0.2) is 0 Å². The highest BCUT2D eigenvalue weighted by Gasteiger charge is 2.77. The Morgan fingerprint density at radius 3 is 2.47 bits per heavy atom. The van der Waals surface area contributed by atoms with Gasteiger partial charge in [0.1, 0.15) is 0 Å². The van der Waals surface area contributed by atoms with Gasteiger partial charge in [-0.2, -0.15) is 8.42 Å². The minimum Gasteiger partial charge on any atom is -0.381 e. The summed E-state index contributed by atoms with van der Waals surface area (Å²) in [6.45, 7) is 9.79. The third kappa shape index (κ3) is 3.47. The quantitative estimate of drug-likeness (QED) is 0.367. The van der Waals surface area contributed by atoms with E-state index in [0.717, 1.165) is 35.7 Å². The average Bonchev–Trinajstić information content (AvgIpc) is 3.35. The van der Waals surface area contributed by atoms with E-state index < -0.39 is 10.1 Å². The van der Waals surface area contributed by atoms with E-state index in [0.29, 0.717) is 34.2 Å². The Balaban J connectivity index is 1.13. The molecule has 5 aliphatic rings. The Morgan fingerprint density at radius 2 is 1.78 bits per heavy atom. The minimum absolute atomic E-state index is 0.257. The first-order valence-electron chi connectivity index (χ1n) is 14.6. The Morgan fingerprint density at radius 1 is 1.03 bits per heavy atom. The summed E-state index contributed by atoms with van der Waals surface area (Å²) in [6, 6.07) is 6.94. The molecule has 36 heavy (non-hydrogen) atoms. The predicted molar refractivity (Wildman–Crippen MR) is 142 cm³/mol. The Labute approximate surface area is 219 Å². The second kappa shape index (κ2) is 8.55. The van der Waals surface area contributed by atoms with Gasteiger partial charge in [-0.3, -0.25) is 4.18 Å². The van der Waals surface area contributed by atoms with E-state index in [2.05, 4.69) is 20.8 Å². The fourth-order valence-corrected chi connectivity index (χ4v) is 11.8. The van der Waals surface area contributed by atoms with Gasteiger partial charge in [0.2, 0.25) is 0 Å². The Hall–Kier alpha value is -0.910. The zero-order chi connectivity index (χ0) is 25.5. The molecule has 6 rings (SSSR count). The molecule has 0 N–H and O–H groups in total. The molecular formula is C31H46O4S. The highest BCUT2D eigenvalue weighted by atomic mass is 32.2. The molecule has 1 aromatic carbocycles. The lowest BCUT2D eigenvalue weighted by molar-refractivity contribution is -0.161. The van der Waals surface area contributed by atoms with Crippen LogP contribution in [-0.2, 0) is 19.0 Å². The van der Waals surface area contributed by atoms with Crippen LogP contribution in [-0.4, -0.2) is 28.2 Å². The summed E-state index contributed by atoms with van der Waals surface area (Å²) in [6.07, 6.45) is 12.1. The zero-order valence-electron chi connectivity index (χ0n) is 23.0. The van der Waals surface area contributed by atoms with Crippen LogP contribution in [0.3, 0.4) is 0 Å². The Kier molecular flexibility index (Phi) is 6.02. The number of methoxy groups -OCH3 is 1. The van der Waals surface area contributed by atoms with E-state index in [1.165, 1.54) is 51.4 Å². The molecule has 0 radical (unpaired) electrons. The van der Waals surface area contributed by atoms with E-state index >= 15 is 0 Å². The highest BCUT2D eigenvalue weighted by molar-refractivity contribution is 7.86. The van der Waals surface area contributed by atoms with Crippen molar-refractivity contribution in [2.24, 2.45) is 51.8 Å². The number of fused-ring (bicyclic) bond motifs is 4. The fourth-order valence-electron chi connectivity index (χ4n) is 10.9. The van der Waals surface area contributed by atoms with Crippen molar-refractivity contribution in [2.75, 3.05) is 13.7 Å². The number of ether oxygens (including phenoxy) is 1. The molecule has 5 fully saturated rings. The molecule has 4 nitrogen and oxygen atoms in total. The van der Waals surface area contributed by atoms with Crippen LogP contribution in [0.15, 0.2) is 29.2 Å². The van der Waals surface area contributed by atoms with Crippen molar-refractivity contribution in [1.29, 1.82) is 0 Å². The molecule has 0 heterocycles. The predicted octanol–water partition coefficient (Wildman–Crippen LogP) is 7.01. The number of benzene rings is 1. The van der Waals surface area contributed by atoms with Gasteiger partial charge >= 0.3 is 0 Å². The number of hydrogen-bond acceptors (Lipinski definition) is 4. The van der Waals surface area contributed by atoms with Crippen LogP contribution < -0.4 is 0 Å². The maximum Gasteiger partial charge on any atom is 0.296 e. The van der Waals surface area contributed by atoms with E-state index in [9.17, 15) is 8.42 Å². The third-order valence-electron chi connectivity index (χ3n) is 12.7. The van der Waals surface area contributed by atoms with Crippen molar-refractivity contribution in [2.45, 2.75) is 96.5 Å². The molecule has 1 spiro atoms. The van der Waals surface area contributed by atoms with Gasteiger partial charge < -0.3 is 4.74 Å². The minimum atomic E-state index is -3.69. The van der Waals surface area contributed by atoms with Crippen LogP contribution in [0.2, 0.25) is 0 Å². The fraction of sp³-hybridized carbons (Fsp3) is 0.806. The van der Waals surface area contributed by atoms with Crippen LogP contribution in [0.1, 0.15) is 84.1 Å². The normalized spacial score (nSPS) is 45.9. The van der Waals surface area contributed by atoms with Crippen molar-refractivity contribution >= 4 is 10.1 Å². The molecule has 200 valence electrons. The van der Waals surface area contributed by atoms with Gasteiger partial charge in [0.05, 0.1) is 17.6 Å². The lowest BCUT2D eigenvalue weighted by atomic mass is 9.45. The molecule has 0 unspecified atom stereocenters. The highest BCUT2D eigenvalue weighted by Crippen LogP contribution is 2.82. The smallest absolute Gasteiger partial charge is 0.296 e. The summed E-state index contributed by atoms with van der Waals surface area (Å²) in [5.74, 6) is 4.48. The topological polar surface area (TPSA) is 52.6 Å². The van der Waals surface area contributed by atoms with Crippen LogP contribution >= 0.6 is 0 Å². The van der Waals surface area contributed by atoms with E-state index in [1.54, 1.807) is 12.1 Å². The summed E-state index contributed by atoms with van der Waals surface area (Å²) in [5.41, 5.74) is 2.37. The summed E-state index contributed by atoms with van der Waals surface area (Å²) in [4.78, 5) is 0.257. The largest absolute Gasteiger partial charge is 0.381 e. The molecule has 10 atom stereocenters. The maximum absolute atomic E-state index is 12.7. The van der Waals surface area contributed by atoms with Crippen molar-refractivity contribution in [3.05, 3.63) is 29.8 Å². The second-order valence-electron chi connectivity index (χ2n) is 13.8. The van der Waals surface area contributed by atoms with E-state index in [4.69, 9.17) is 8.92 Å². The molecule has 0 bridgehead atoms. The SMILES string of the molecule is CO[C@@H]1C[C@H]2[C@@H]3CC[C@H]([C@H](C)CCOS(=O)(=O)c4ccc(C)cc4)[C@@]3(C)CC[C@@H]2[C@@]2(C)CC[C@H]3C[C@]312. The average molecular weight is 515 g/mol. The Bertz CT molecular complexity index is 1100. The molecule has 5 saturated carbocycles. The van der Waals surface area contributed by atoms with Crippen LogP contribution in [0.25, 0.3) is 0 Å². The molecule has 0 saturated heterocycles. The monoisotopic (exact) mass is 514 g/mol. The molecule has 0 amide bonds. The number of hydrogen-bond donors (Lipinski definition) is 0. The number of rotatable bonds is 7. The summed E-state index contributed by atoms with van der Waals surface area (Å²) >= 11 is 0. The lowest BCUT2D eigenvalue weighted by Gasteiger charge is -2.61. The first-order valence-corrected chi connectivity index (χ1v) is 16.0. The van der Waals surface area contributed by atoms with Crippen molar-refractivity contribution < 1.29 is 17.3 Å². The first-order chi connectivity index (χ1) is 17.1. The van der Waals surface area contributed by atoms with Gasteiger partial charge in [0.25, 0.3) is 10.1 Å². The van der Waals surface area contributed by atoms with Gasteiger partial charge in [-0.1, -0.05) is 38.5 Å². The van der Waals surface area contributed by atoms with Gasteiger partial charge in [0, 0.05) is 12.5 Å². The van der Waals surface area contributed by atoms with E-state index in [1.807, 2.05) is 26.2 Å². The van der Waals surface area contributed by atoms with Gasteiger partial charge in [0.15, 0.2) is 0 Å². The summed E-state index contributed by atoms with van der Waals surface area (Å²) in [7, 11) is -1.72. The maximum atomic E-state index is 12.7. The summed E-state index contributed by atoms with van der Waals surface area (Å²) < 4.78 is 37.1. The number of aryl methyl sites for hydroxylation is 1. The standard InChI is InChI=1S/C31H46O4S/c1-20-6-8-23(9-7-20)36(32,33)35-17-14-21(2)25-10-11-26-24-18-28(34-5)31-19-22(31)12-16-30(31,4)27(24)13-15-29(25,26)3/h6-9,21-22,24-28H,10-19H2,1-5H3/t21-,22+,24+,25-,26+,27+,28-,29-,30-,31+/m1/s1. The lowest BCUT2D eigenvalue weighted by Crippen LogP contribution is -2.57. The molecule has 1 aromatic rings. The molecule has 5 heteroatoms. The molecule has 5 aliphatic carbocycles. The van der Waals surface area contributed by atoms with E-state index in [-0.39, 0.29) is 11.5 Å². The van der Waals surface area contributed by atoms with Crippen LogP contribution in [0.5, 0.6) is 0 Å². The van der Waals surface area contributed by atoms with Crippen molar-refractivity contribution in [3.8, 4) is 0 Å². The molecule has 0 aliphatic heterocycles.